The molecule has 2 unspecified atom stereocenters. The zero-order valence-corrected chi connectivity index (χ0v) is 14.8. The van der Waals surface area contributed by atoms with Gasteiger partial charge in [-0.15, -0.1) is 0 Å². The zero-order valence-electron chi connectivity index (χ0n) is 13.9. The third-order valence-electron chi connectivity index (χ3n) is 3.01. The van der Waals surface area contributed by atoms with Crippen molar-refractivity contribution in [1.29, 1.82) is 5.26 Å². The fourth-order valence-electron chi connectivity index (χ4n) is 1.93. The van der Waals surface area contributed by atoms with E-state index in [1.54, 1.807) is 39.0 Å². The Balaban J connectivity index is 2.59. The van der Waals surface area contributed by atoms with Crippen LogP contribution >= 0.6 is 11.8 Å². The lowest BCUT2D eigenvalue weighted by Crippen LogP contribution is -2.34. The first-order chi connectivity index (χ1) is 11.1. The summed E-state index contributed by atoms with van der Waals surface area (Å²) in [6.45, 7) is 5.39. The van der Waals surface area contributed by atoms with E-state index in [9.17, 15) is 15.0 Å². The van der Waals surface area contributed by atoms with Gasteiger partial charge in [0.25, 0.3) is 0 Å². The van der Waals surface area contributed by atoms with E-state index in [1.807, 2.05) is 5.40 Å². The number of hydrogen-bond acceptors (Lipinski definition) is 7. The number of hydrogen-bond donors (Lipinski definition) is 4. The van der Waals surface area contributed by atoms with Crippen LogP contribution in [-0.4, -0.2) is 34.6 Å². The number of amides is 1. The minimum Gasteiger partial charge on any atom is -0.444 e. The average Bonchev–Trinajstić information content (AvgIpc) is 2.46. The summed E-state index contributed by atoms with van der Waals surface area (Å²) in [6, 6.07) is 4.80. The number of nitriles is 1. The molecule has 0 aliphatic heterocycles. The lowest BCUT2D eigenvalue weighted by Gasteiger charge is -2.22. The van der Waals surface area contributed by atoms with Crippen molar-refractivity contribution in [3.05, 3.63) is 23.8 Å². The molecule has 0 bridgehead atoms. The van der Waals surface area contributed by atoms with Crippen LogP contribution < -0.4 is 11.1 Å². The fourth-order valence-corrected chi connectivity index (χ4v) is 2.35. The Morgan fingerprint density at radius 1 is 1.46 bits per heavy atom. The van der Waals surface area contributed by atoms with E-state index in [2.05, 4.69) is 5.32 Å². The molecule has 24 heavy (non-hydrogen) atoms. The Kier molecular flexibility index (Phi) is 7.35. The maximum Gasteiger partial charge on any atom is 0.407 e. The molecule has 2 atom stereocenters. The summed E-state index contributed by atoms with van der Waals surface area (Å²) in [4.78, 5) is 12.1. The normalized spacial score (nSPS) is 13.7. The molecule has 0 heterocycles. The zero-order chi connectivity index (χ0) is 18.3. The molecule has 0 aromatic heterocycles. The van der Waals surface area contributed by atoms with Gasteiger partial charge in [0.05, 0.1) is 6.10 Å². The number of alkyl carbamates (subject to hydrolysis) is 1. The number of anilines is 1. The van der Waals surface area contributed by atoms with Crippen LogP contribution in [0.5, 0.6) is 0 Å². The predicted molar refractivity (Wildman–Crippen MR) is 92.1 cm³/mol. The van der Waals surface area contributed by atoms with Gasteiger partial charge in [-0.05, 0) is 57.2 Å². The molecular formula is C16H23N3O4S. The average molecular weight is 353 g/mol. The molecular weight excluding hydrogens is 330 g/mol. The number of nitrogens with two attached hydrogens (primary N) is 1. The molecule has 0 aliphatic rings. The van der Waals surface area contributed by atoms with Gasteiger partial charge in [-0.1, -0.05) is 0 Å². The van der Waals surface area contributed by atoms with E-state index < -0.39 is 23.9 Å². The molecule has 0 spiro atoms. The number of carbonyl (C=O) groups is 1. The van der Waals surface area contributed by atoms with Crippen LogP contribution in [0, 0.1) is 10.7 Å². The lowest BCUT2D eigenvalue weighted by atomic mass is 10.0. The standard InChI is InChI=1S/C16H23N3O4S/c1-16(2,3)23-15(22)19-7-6-13(20)14(21)11-8-10(24-9-17)4-5-12(11)18/h4-5,8,13-14,20-21H,6-7,18H2,1-3H3,(H,19,22). The predicted octanol–water partition coefficient (Wildman–Crippen LogP) is 2.15. The Morgan fingerprint density at radius 3 is 2.71 bits per heavy atom. The SMILES string of the molecule is CC(C)(C)OC(=O)NCCC(O)C(O)c1cc(SC#N)ccc1N. The van der Waals surface area contributed by atoms with Crippen LogP contribution in [0.25, 0.3) is 0 Å². The third-order valence-corrected chi connectivity index (χ3v) is 3.59. The molecule has 132 valence electrons. The van der Waals surface area contributed by atoms with E-state index in [-0.39, 0.29) is 13.0 Å². The smallest absolute Gasteiger partial charge is 0.407 e. The number of rotatable bonds is 6. The second-order valence-corrected chi connectivity index (χ2v) is 7.07. The van der Waals surface area contributed by atoms with E-state index in [4.69, 9.17) is 15.7 Å². The van der Waals surface area contributed by atoms with Crippen molar-refractivity contribution in [1.82, 2.24) is 5.32 Å². The summed E-state index contributed by atoms with van der Waals surface area (Å²) in [5.74, 6) is 0. The number of nitrogen functional groups attached to an aromatic ring is 1. The summed E-state index contributed by atoms with van der Waals surface area (Å²) in [5.41, 5.74) is 5.89. The van der Waals surface area contributed by atoms with E-state index >= 15 is 0 Å². The van der Waals surface area contributed by atoms with Crippen LogP contribution in [-0.2, 0) is 4.74 Å². The Labute approximate surface area is 145 Å². The number of ether oxygens (including phenoxy) is 1. The van der Waals surface area contributed by atoms with Crippen LogP contribution in [0.3, 0.4) is 0 Å². The summed E-state index contributed by atoms with van der Waals surface area (Å²) in [7, 11) is 0. The van der Waals surface area contributed by atoms with Crippen molar-refractivity contribution in [2.24, 2.45) is 0 Å². The first kappa shape index (κ1) is 20.1. The summed E-state index contributed by atoms with van der Waals surface area (Å²) < 4.78 is 5.08. The number of benzene rings is 1. The molecule has 0 saturated carbocycles. The van der Waals surface area contributed by atoms with Gasteiger partial charge in [0.2, 0.25) is 0 Å². The minimum atomic E-state index is -1.22. The highest BCUT2D eigenvalue weighted by Crippen LogP contribution is 2.29. The molecule has 1 rings (SSSR count). The number of nitrogens with zero attached hydrogens (tertiary/aromatic N) is 1. The maximum atomic E-state index is 11.5. The van der Waals surface area contributed by atoms with E-state index in [0.717, 1.165) is 11.8 Å². The van der Waals surface area contributed by atoms with E-state index in [0.29, 0.717) is 16.1 Å². The largest absolute Gasteiger partial charge is 0.444 e. The van der Waals surface area contributed by atoms with Crippen molar-refractivity contribution >= 4 is 23.5 Å². The molecule has 0 radical (unpaired) electrons. The molecule has 0 fully saturated rings. The van der Waals surface area contributed by atoms with Crippen LogP contribution in [0.15, 0.2) is 23.1 Å². The van der Waals surface area contributed by atoms with Gasteiger partial charge in [0.1, 0.15) is 17.1 Å². The number of thioether (sulfide) groups is 1. The molecule has 5 N–H and O–H groups in total. The van der Waals surface area contributed by atoms with Crippen LogP contribution in [0.4, 0.5) is 10.5 Å². The van der Waals surface area contributed by atoms with Gasteiger partial charge in [-0.3, -0.25) is 0 Å². The highest BCUT2D eigenvalue weighted by molar-refractivity contribution is 8.03. The molecule has 8 heteroatoms. The highest BCUT2D eigenvalue weighted by atomic mass is 32.2. The first-order valence-electron chi connectivity index (χ1n) is 7.42. The van der Waals surface area contributed by atoms with Gasteiger partial charge >= 0.3 is 6.09 Å². The van der Waals surface area contributed by atoms with Gasteiger partial charge in [0, 0.05) is 22.7 Å². The lowest BCUT2D eigenvalue weighted by molar-refractivity contribution is 0.0126. The Hall–Kier alpha value is -1.95. The molecule has 0 aliphatic carbocycles. The summed E-state index contributed by atoms with van der Waals surface area (Å²) in [5, 5.41) is 33.5. The molecule has 1 aromatic carbocycles. The van der Waals surface area contributed by atoms with Crippen molar-refractivity contribution < 1.29 is 19.7 Å². The van der Waals surface area contributed by atoms with Crippen molar-refractivity contribution in [2.75, 3.05) is 12.3 Å². The number of aliphatic hydroxyl groups excluding tert-OH is 2. The van der Waals surface area contributed by atoms with E-state index in [1.165, 1.54) is 0 Å². The van der Waals surface area contributed by atoms with Crippen LogP contribution in [0.2, 0.25) is 0 Å². The topological polar surface area (TPSA) is 129 Å². The number of aliphatic hydroxyl groups is 2. The Bertz CT molecular complexity index is 610. The van der Waals surface area contributed by atoms with Crippen LogP contribution in [0.1, 0.15) is 38.9 Å². The molecule has 7 nitrogen and oxygen atoms in total. The van der Waals surface area contributed by atoms with Gasteiger partial charge in [-0.25, -0.2) is 4.79 Å². The fraction of sp³-hybridized carbons (Fsp3) is 0.500. The molecule has 1 aromatic rings. The second kappa shape index (κ2) is 8.78. The quantitative estimate of drug-likeness (QED) is 0.350. The minimum absolute atomic E-state index is 0.121. The first-order valence-corrected chi connectivity index (χ1v) is 8.24. The monoisotopic (exact) mass is 353 g/mol. The van der Waals surface area contributed by atoms with Gasteiger partial charge < -0.3 is 26.0 Å². The number of thiocyanates is 1. The molecule has 1 amide bonds. The molecule has 0 saturated heterocycles. The maximum absolute atomic E-state index is 11.5. The number of carbonyl (C=O) groups excluding carboxylic acids is 1. The van der Waals surface area contributed by atoms with Crippen molar-refractivity contribution in [3.8, 4) is 5.40 Å². The van der Waals surface area contributed by atoms with Gasteiger partial charge in [0.15, 0.2) is 0 Å². The number of nitrogens with one attached hydrogen (secondary N) is 1. The second-order valence-electron chi connectivity index (χ2n) is 6.21. The summed E-state index contributed by atoms with van der Waals surface area (Å²) in [6.07, 6.45) is -2.81. The van der Waals surface area contributed by atoms with Gasteiger partial charge in [-0.2, -0.15) is 5.26 Å². The highest BCUT2D eigenvalue weighted by Gasteiger charge is 2.22. The summed E-state index contributed by atoms with van der Waals surface area (Å²) >= 11 is 0.938. The van der Waals surface area contributed by atoms with Crippen molar-refractivity contribution in [3.63, 3.8) is 0 Å². The third kappa shape index (κ3) is 6.66. The Morgan fingerprint density at radius 2 is 2.12 bits per heavy atom. The van der Waals surface area contributed by atoms with Crippen molar-refractivity contribution in [2.45, 2.75) is 49.9 Å².